The molecule has 0 radical (unpaired) electrons. The van der Waals surface area contributed by atoms with Crippen molar-refractivity contribution in [2.45, 2.75) is 51.1 Å². The summed E-state index contributed by atoms with van der Waals surface area (Å²) in [4.78, 5) is 25.5. The molecule has 2 unspecified atom stereocenters. The van der Waals surface area contributed by atoms with Gasteiger partial charge in [-0.3, -0.25) is 9.59 Å². The highest BCUT2D eigenvalue weighted by atomic mass is 16.7. The molecule has 6 heteroatoms. The maximum atomic E-state index is 12.8. The SMILES string of the molecule is CCCCOC1(O)C(=O)c2ccccc2C(=O)C1(O)OCCCC. The van der Waals surface area contributed by atoms with Gasteiger partial charge >= 0.3 is 0 Å². The fourth-order valence-corrected chi connectivity index (χ4v) is 2.61. The summed E-state index contributed by atoms with van der Waals surface area (Å²) in [7, 11) is 0. The van der Waals surface area contributed by atoms with Gasteiger partial charge in [0.2, 0.25) is 11.6 Å². The topological polar surface area (TPSA) is 93.1 Å². The first kappa shape index (κ1) is 18.7. The summed E-state index contributed by atoms with van der Waals surface area (Å²) >= 11 is 0. The number of carbonyl (C=O) groups is 2. The van der Waals surface area contributed by atoms with Crippen LogP contribution in [0.15, 0.2) is 24.3 Å². The van der Waals surface area contributed by atoms with Crippen molar-refractivity contribution in [1.29, 1.82) is 0 Å². The molecular formula is C18H24O6. The van der Waals surface area contributed by atoms with Crippen LogP contribution in [0.5, 0.6) is 0 Å². The van der Waals surface area contributed by atoms with E-state index in [9.17, 15) is 19.8 Å². The van der Waals surface area contributed by atoms with Crippen LogP contribution in [-0.2, 0) is 9.47 Å². The number of rotatable bonds is 8. The molecule has 6 nitrogen and oxygen atoms in total. The zero-order chi connectivity index (χ0) is 17.8. The minimum absolute atomic E-state index is 0.0188. The fourth-order valence-electron chi connectivity index (χ4n) is 2.61. The Kier molecular flexibility index (Phi) is 5.87. The van der Waals surface area contributed by atoms with E-state index in [1.54, 1.807) is 12.1 Å². The van der Waals surface area contributed by atoms with Gasteiger partial charge in [0.25, 0.3) is 11.6 Å². The molecule has 2 N–H and O–H groups in total. The average Bonchev–Trinajstić information content (AvgIpc) is 2.59. The molecule has 0 bridgehead atoms. The molecule has 1 aliphatic carbocycles. The first-order valence-electron chi connectivity index (χ1n) is 8.33. The second-order valence-corrected chi connectivity index (χ2v) is 5.90. The third kappa shape index (κ3) is 3.02. The van der Waals surface area contributed by atoms with Gasteiger partial charge in [-0.15, -0.1) is 0 Å². The molecule has 0 fully saturated rings. The van der Waals surface area contributed by atoms with Gasteiger partial charge in [-0.25, -0.2) is 0 Å². The third-order valence-corrected chi connectivity index (χ3v) is 4.11. The Bertz CT molecular complexity index is 560. The Morgan fingerprint density at radius 3 is 1.54 bits per heavy atom. The lowest BCUT2D eigenvalue weighted by molar-refractivity contribution is -0.333. The maximum absolute atomic E-state index is 12.8. The van der Waals surface area contributed by atoms with Gasteiger partial charge < -0.3 is 19.7 Å². The Morgan fingerprint density at radius 1 is 0.833 bits per heavy atom. The van der Waals surface area contributed by atoms with Gasteiger partial charge in [-0.1, -0.05) is 51.0 Å². The van der Waals surface area contributed by atoms with E-state index in [2.05, 4.69) is 0 Å². The average molecular weight is 336 g/mol. The minimum Gasteiger partial charge on any atom is -0.355 e. The second kappa shape index (κ2) is 7.53. The molecular weight excluding hydrogens is 312 g/mol. The number of fused-ring (bicyclic) bond motifs is 1. The molecule has 0 aliphatic heterocycles. The first-order chi connectivity index (χ1) is 11.4. The summed E-state index contributed by atoms with van der Waals surface area (Å²) in [5, 5.41) is 21.7. The summed E-state index contributed by atoms with van der Waals surface area (Å²) in [6.07, 6.45) is 2.67. The van der Waals surface area contributed by atoms with Gasteiger partial charge in [-0.05, 0) is 12.8 Å². The lowest BCUT2D eigenvalue weighted by atomic mass is 9.80. The summed E-state index contributed by atoms with van der Waals surface area (Å²) in [5.41, 5.74) is 0.0375. The lowest BCUT2D eigenvalue weighted by Crippen LogP contribution is -2.69. The van der Waals surface area contributed by atoms with E-state index in [0.717, 1.165) is 12.8 Å². The largest absolute Gasteiger partial charge is 0.355 e. The van der Waals surface area contributed by atoms with Crippen LogP contribution in [0.1, 0.15) is 60.2 Å². The van der Waals surface area contributed by atoms with Crippen molar-refractivity contribution in [3.8, 4) is 0 Å². The van der Waals surface area contributed by atoms with Crippen LogP contribution in [0, 0.1) is 0 Å². The van der Waals surface area contributed by atoms with Crippen LogP contribution in [0.25, 0.3) is 0 Å². The molecule has 0 spiro atoms. The number of carbonyl (C=O) groups excluding carboxylic acids is 2. The van der Waals surface area contributed by atoms with Crippen LogP contribution < -0.4 is 0 Å². The van der Waals surface area contributed by atoms with Crippen molar-refractivity contribution in [3.05, 3.63) is 35.4 Å². The fraction of sp³-hybridized carbons (Fsp3) is 0.556. The number of Topliss-reactive ketones (excluding diaryl/α,β-unsaturated/α-hetero) is 2. The molecule has 1 aromatic carbocycles. The van der Waals surface area contributed by atoms with E-state index in [1.807, 2.05) is 13.8 Å². The minimum atomic E-state index is -2.75. The van der Waals surface area contributed by atoms with Crippen molar-refractivity contribution in [2.75, 3.05) is 13.2 Å². The summed E-state index contributed by atoms with van der Waals surface area (Å²) < 4.78 is 10.6. The van der Waals surface area contributed by atoms with E-state index in [0.29, 0.717) is 12.8 Å². The quantitative estimate of drug-likeness (QED) is 0.558. The Balaban J connectivity index is 2.46. The van der Waals surface area contributed by atoms with Gasteiger partial charge in [-0.2, -0.15) is 0 Å². The summed E-state index contributed by atoms with van der Waals surface area (Å²) in [6.45, 7) is 3.88. The second-order valence-electron chi connectivity index (χ2n) is 5.90. The smallest absolute Gasteiger partial charge is 0.295 e. The molecule has 1 aliphatic rings. The lowest BCUT2D eigenvalue weighted by Gasteiger charge is -2.43. The maximum Gasteiger partial charge on any atom is 0.295 e. The van der Waals surface area contributed by atoms with E-state index >= 15 is 0 Å². The molecule has 0 saturated heterocycles. The van der Waals surface area contributed by atoms with Gasteiger partial charge in [0, 0.05) is 11.1 Å². The molecule has 24 heavy (non-hydrogen) atoms. The summed E-state index contributed by atoms with van der Waals surface area (Å²) in [5.74, 6) is -7.23. The number of unbranched alkanes of at least 4 members (excludes halogenated alkanes) is 2. The van der Waals surface area contributed by atoms with Crippen LogP contribution in [-0.4, -0.2) is 46.6 Å². The number of ketones is 2. The number of hydrogen-bond donors (Lipinski definition) is 2. The van der Waals surface area contributed by atoms with E-state index in [4.69, 9.17) is 9.47 Å². The molecule has 2 rings (SSSR count). The van der Waals surface area contributed by atoms with Crippen molar-refractivity contribution >= 4 is 11.6 Å². The Hall–Kier alpha value is -1.60. The van der Waals surface area contributed by atoms with Gasteiger partial charge in [0.05, 0.1) is 13.2 Å². The van der Waals surface area contributed by atoms with Crippen LogP contribution >= 0.6 is 0 Å². The normalized spacial score (nSPS) is 26.5. The standard InChI is InChI=1S/C18H24O6/c1-3-5-11-23-17(21)15(19)13-9-7-8-10-14(13)16(20)18(17,22)24-12-6-4-2/h7-10,21-22H,3-6,11-12H2,1-2H3. The predicted molar refractivity (Wildman–Crippen MR) is 86.7 cm³/mol. The Labute approximate surface area is 141 Å². The van der Waals surface area contributed by atoms with Gasteiger partial charge in [0.1, 0.15) is 0 Å². The van der Waals surface area contributed by atoms with Crippen LogP contribution in [0.4, 0.5) is 0 Å². The zero-order valence-corrected chi connectivity index (χ0v) is 14.1. The highest BCUT2D eigenvalue weighted by Crippen LogP contribution is 2.38. The van der Waals surface area contributed by atoms with Gasteiger partial charge in [0.15, 0.2) is 0 Å². The first-order valence-corrected chi connectivity index (χ1v) is 8.33. The monoisotopic (exact) mass is 336 g/mol. The molecule has 1 aromatic rings. The highest BCUT2D eigenvalue weighted by molar-refractivity contribution is 6.20. The van der Waals surface area contributed by atoms with Crippen molar-refractivity contribution in [3.63, 3.8) is 0 Å². The molecule has 0 saturated carbocycles. The van der Waals surface area contributed by atoms with E-state index in [-0.39, 0.29) is 24.3 Å². The number of aliphatic hydroxyl groups is 2. The molecule has 0 amide bonds. The molecule has 2 atom stereocenters. The molecule has 0 heterocycles. The van der Waals surface area contributed by atoms with Crippen molar-refractivity contribution in [1.82, 2.24) is 0 Å². The zero-order valence-electron chi connectivity index (χ0n) is 14.1. The highest BCUT2D eigenvalue weighted by Gasteiger charge is 2.66. The van der Waals surface area contributed by atoms with Crippen molar-refractivity contribution in [2.24, 2.45) is 0 Å². The number of ether oxygens (including phenoxy) is 2. The molecule has 0 aromatic heterocycles. The van der Waals surface area contributed by atoms with Crippen molar-refractivity contribution < 1.29 is 29.3 Å². The number of hydrogen-bond acceptors (Lipinski definition) is 6. The Morgan fingerprint density at radius 2 is 1.21 bits per heavy atom. The van der Waals surface area contributed by atoms with E-state index in [1.165, 1.54) is 12.1 Å². The molecule has 132 valence electrons. The van der Waals surface area contributed by atoms with Crippen LogP contribution in [0.2, 0.25) is 0 Å². The predicted octanol–water partition coefficient (Wildman–Crippen LogP) is 2.08. The van der Waals surface area contributed by atoms with E-state index < -0.39 is 23.1 Å². The van der Waals surface area contributed by atoms with Crippen LogP contribution in [0.3, 0.4) is 0 Å². The number of benzene rings is 1. The third-order valence-electron chi connectivity index (χ3n) is 4.11. The summed E-state index contributed by atoms with van der Waals surface area (Å²) in [6, 6.07) is 6.02.